The van der Waals surface area contributed by atoms with Crippen LogP contribution in [0.1, 0.15) is 44.7 Å². The van der Waals surface area contributed by atoms with Crippen molar-refractivity contribution >= 4 is 55.6 Å². The molecule has 0 spiro atoms. The van der Waals surface area contributed by atoms with Crippen molar-refractivity contribution in [3.63, 3.8) is 0 Å². The van der Waals surface area contributed by atoms with Gasteiger partial charge < -0.3 is 26.9 Å². The maximum absolute atomic E-state index is 11.8. The molecule has 50 heavy (non-hydrogen) atoms. The van der Waals surface area contributed by atoms with Crippen LogP contribution in [0, 0.1) is 0 Å². The van der Waals surface area contributed by atoms with Gasteiger partial charge in [-0.05, 0) is 113 Å². The highest BCUT2D eigenvalue weighted by atomic mass is 28.5. The molecule has 1 atom stereocenters. The predicted molar refractivity (Wildman–Crippen MR) is 225 cm³/mol. The molecule has 0 bridgehead atoms. The van der Waals surface area contributed by atoms with Crippen LogP contribution >= 0.6 is 0 Å². The van der Waals surface area contributed by atoms with E-state index in [0.29, 0.717) is 18.2 Å². The largest absolute Gasteiger partial charge is 0.496 e. The summed E-state index contributed by atoms with van der Waals surface area (Å²) in [6, 6.07) is 20.0. The number of carbonyl (C=O) groups is 1. The van der Waals surface area contributed by atoms with E-state index in [2.05, 4.69) is 91.5 Å². The zero-order valence-corrected chi connectivity index (χ0v) is 40.0. The Morgan fingerprint density at radius 1 is 0.620 bits per heavy atom. The zero-order chi connectivity index (χ0) is 37.9. The van der Waals surface area contributed by atoms with Gasteiger partial charge in [0.2, 0.25) is 0 Å². The predicted octanol–water partition coefficient (Wildman–Crippen LogP) is 10.0. The van der Waals surface area contributed by atoms with Gasteiger partial charge in [-0.15, -0.1) is 0 Å². The molecule has 0 radical (unpaired) electrons. The fraction of sp³-hybridized carbons (Fsp3) is 0.649. The minimum atomic E-state index is -2.23. The molecule has 284 valence electrons. The molecule has 13 heteroatoms. The summed E-state index contributed by atoms with van der Waals surface area (Å²) in [6.07, 6.45) is 4.60. The van der Waals surface area contributed by atoms with Crippen LogP contribution in [0.3, 0.4) is 0 Å². The lowest BCUT2D eigenvalue weighted by Crippen LogP contribution is -2.58. The van der Waals surface area contributed by atoms with Gasteiger partial charge in [0.05, 0.1) is 7.11 Å². The summed E-state index contributed by atoms with van der Waals surface area (Å²) in [4.78, 5) is 11.8. The molecule has 0 N–H and O–H groups in total. The number of hydrogen-bond acceptors (Lipinski definition) is 7. The van der Waals surface area contributed by atoms with Gasteiger partial charge in [-0.1, -0.05) is 69.1 Å². The number of unbranched alkanes of at least 4 members (excludes halogenated alkanes) is 1. The van der Waals surface area contributed by atoms with E-state index in [9.17, 15) is 4.79 Å². The molecule has 0 heterocycles. The van der Waals surface area contributed by atoms with Crippen molar-refractivity contribution < 1.29 is 31.7 Å². The first-order valence-corrected chi connectivity index (χ1v) is 37.0. The Kier molecular flexibility index (Phi) is 17.3. The molecular weight excluding hydrogens is 725 g/mol. The van der Waals surface area contributed by atoms with Crippen LogP contribution in [0.2, 0.25) is 83.2 Å². The average Bonchev–Trinajstić information content (AvgIpc) is 2.99. The number of para-hydroxylation sites is 2. The minimum absolute atomic E-state index is 0.306. The van der Waals surface area contributed by atoms with E-state index in [-0.39, 0.29) is 5.97 Å². The molecule has 2 rings (SSSR count). The first-order valence-electron chi connectivity index (χ1n) is 18.6. The van der Waals surface area contributed by atoms with E-state index in [1.54, 1.807) is 7.11 Å². The Morgan fingerprint density at radius 3 is 1.54 bits per heavy atom. The number of esters is 1. The summed E-state index contributed by atoms with van der Waals surface area (Å²) in [5.41, 5.74) is 3.31. The van der Waals surface area contributed by atoms with Crippen molar-refractivity contribution in [1.82, 2.24) is 0 Å². The maximum atomic E-state index is 11.8. The quantitative estimate of drug-likeness (QED) is 0.0630. The molecule has 0 saturated carbocycles. The van der Waals surface area contributed by atoms with E-state index in [0.717, 1.165) is 41.3 Å². The van der Waals surface area contributed by atoms with Gasteiger partial charge in [-0.25, -0.2) is 0 Å². The number of benzene rings is 2. The topological polar surface area (TPSA) is 72.5 Å². The normalized spacial score (nSPS) is 14.4. The third-order valence-corrected chi connectivity index (χ3v) is 31.9. The number of rotatable bonds is 23. The van der Waals surface area contributed by atoms with E-state index < -0.39 is 49.7 Å². The molecule has 0 aliphatic heterocycles. The molecule has 0 aliphatic carbocycles. The molecule has 1 unspecified atom stereocenters. The maximum Gasteiger partial charge on any atom is 0.308 e. The highest BCUT2D eigenvalue weighted by molar-refractivity contribution is 6.94. The molecule has 2 aromatic carbocycles. The lowest BCUT2D eigenvalue weighted by Gasteiger charge is -2.41. The van der Waals surface area contributed by atoms with E-state index in [1.807, 2.05) is 36.4 Å². The fourth-order valence-corrected chi connectivity index (χ4v) is 35.8. The van der Waals surface area contributed by atoms with Crippen molar-refractivity contribution in [2.24, 2.45) is 0 Å². The first-order chi connectivity index (χ1) is 23.1. The van der Waals surface area contributed by atoms with Crippen molar-refractivity contribution in [3.05, 3.63) is 59.7 Å². The number of methoxy groups -OCH3 is 1. The smallest absolute Gasteiger partial charge is 0.308 e. The van der Waals surface area contributed by atoms with Gasteiger partial charge in [0.1, 0.15) is 19.6 Å². The summed E-state index contributed by atoms with van der Waals surface area (Å²) in [6.45, 7) is 29.5. The SMILES string of the molecule is CCCC[Si](C)(C)O[Si](C)(C)C[Si](C)(C)OC[Si](CC)(CO[Si](C)(C)Cc1ccccc1OC)CO[Si](C)(C)Cc1ccccc1OC(C)=O. The van der Waals surface area contributed by atoms with E-state index in [1.165, 1.54) is 31.4 Å². The van der Waals surface area contributed by atoms with Crippen LogP contribution in [0.25, 0.3) is 0 Å². The third kappa shape index (κ3) is 16.3. The Hall–Kier alpha value is -1.15. The van der Waals surface area contributed by atoms with Crippen LogP contribution in [-0.4, -0.2) is 81.4 Å². The summed E-state index contributed by atoms with van der Waals surface area (Å²) < 4.78 is 39.5. The van der Waals surface area contributed by atoms with Gasteiger partial charge in [0.15, 0.2) is 41.6 Å². The van der Waals surface area contributed by atoms with Crippen molar-refractivity contribution in [2.45, 2.75) is 129 Å². The molecule has 0 aromatic heterocycles. The summed E-state index contributed by atoms with van der Waals surface area (Å²) in [5, 5.41) is 0. The van der Waals surface area contributed by atoms with Gasteiger partial charge in [-0.2, -0.15) is 0 Å². The second-order valence-corrected chi connectivity index (χ2v) is 43.7. The lowest BCUT2D eigenvalue weighted by atomic mass is 10.2. The Balaban J connectivity index is 2.31. The summed E-state index contributed by atoms with van der Waals surface area (Å²) >= 11 is 0. The fourth-order valence-electron chi connectivity index (χ4n) is 6.76. The second-order valence-electron chi connectivity index (χ2n) is 17.3. The van der Waals surface area contributed by atoms with Crippen LogP contribution in [0.15, 0.2) is 48.5 Å². The molecular formula is C37H70O7Si6. The van der Waals surface area contributed by atoms with Crippen LogP contribution in [0.5, 0.6) is 11.5 Å². The Bertz CT molecular complexity index is 1350. The molecule has 7 nitrogen and oxygen atoms in total. The molecule has 2 aromatic rings. The molecule has 0 aliphatic rings. The van der Waals surface area contributed by atoms with Crippen LogP contribution in [0.4, 0.5) is 0 Å². The summed E-state index contributed by atoms with van der Waals surface area (Å²) in [5.74, 6) is 1.24. The van der Waals surface area contributed by atoms with E-state index >= 15 is 0 Å². The van der Waals surface area contributed by atoms with Gasteiger partial charge in [0, 0.05) is 25.6 Å². The number of hydrogen-bond donors (Lipinski definition) is 0. The van der Waals surface area contributed by atoms with Crippen LogP contribution < -0.4 is 9.47 Å². The zero-order valence-electron chi connectivity index (χ0n) is 34.0. The van der Waals surface area contributed by atoms with Crippen molar-refractivity contribution in [1.29, 1.82) is 0 Å². The van der Waals surface area contributed by atoms with Gasteiger partial charge in [-0.3, -0.25) is 4.79 Å². The standard InChI is InChI=1S/C37H70O7Si6/c1-15-17-26-45(5,6)44-49(13,14)32-48(11,12)42-31-50(16-2,29-40-46(7,8)27-34-22-18-20-24-36(34)39-4)30-41-47(9,10)28-35-23-19-21-25-37(35)43-33(3)38/h18-25H,15-17,26-32H2,1-14H3. The van der Waals surface area contributed by atoms with Crippen LogP contribution in [-0.2, 0) is 34.3 Å². The monoisotopic (exact) mass is 794 g/mol. The van der Waals surface area contributed by atoms with Crippen molar-refractivity contribution in [3.8, 4) is 11.5 Å². The van der Waals surface area contributed by atoms with Gasteiger partial charge in [0.25, 0.3) is 0 Å². The third-order valence-electron chi connectivity index (χ3n) is 9.24. The second kappa shape index (κ2) is 19.3. The minimum Gasteiger partial charge on any atom is -0.496 e. The van der Waals surface area contributed by atoms with Crippen molar-refractivity contribution in [2.75, 3.05) is 25.8 Å². The highest BCUT2D eigenvalue weighted by Gasteiger charge is 2.43. The first kappa shape index (κ1) is 45.0. The number of ether oxygens (including phenoxy) is 2. The Morgan fingerprint density at radius 2 is 1.08 bits per heavy atom. The highest BCUT2D eigenvalue weighted by Crippen LogP contribution is 2.31. The number of carbonyl (C=O) groups excluding carboxylic acids is 1. The average molecular weight is 795 g/mol. The molecule has 0 fully saturated rings. The molecule has 0 amide bonds. The molecule has 0 saturated heterocycles. The lowest BCUT2D eigenvalue weighted by molar-refractivity contribution is -0.131. The van der Waals surface area contributed by atoms with Gasteiger partial charge >= 0.3 is 5.97 Å². The van der Waals surface area contributed by atoms with E-state index in [4.69, 9.17) is 26.9 Å². The summed E-state index contributed by atoms with van der Waals surface area (Å²) in [7, 11) is -10.5. The Labute approximate surface area is 311 Å².